The number of hydrogen-bond acceptors (Lipinski definition) is 1. The van der Waals surface area contributed by atoms with Crippen LogP contribution in [0.1, 0.15) is 19.4 Å². The second kappa shape index (κ2) is 7.56. The molecular weight excluding hydrogens is 186 g/mol. The lowest BCUT2D eigenvalue weighted by molar-refractivity contribution is -0.118. The van der Waals surface area contributed by atoms with E-state index in [9.17, 15) is 4.79 Å². The highest BCUT2D eigenvalue weighted by Gasteiger charge is 1.86. The van der Waals surface area contributed by atoms with Gasteiger partial charge >= 0.3 is 0 Å². The van der Waals surface area contributed by atoms with Crippen LogP contribution >= 0.6 is 0 Å². The summed E-state index contributed by atoms with van der Waals surface area (Å²) < 4.78 is 0. The molecule has 0 bridgehead atoms. The second-order valence-electron chi connectivity index (χ2n) is 3.05. The zero-order valence-corrected chi connectivity index (χ0v) is 9.29. The Labute approximate surface area is 91.3 Å². The zero-order valence-electron chi connectivity index (χ0n) is 9.29. The number of carbonyl (C=O) groups excluding carboxylic acids is 1. The first-order chi connectivity index (χ1) is 7.07. The van der Waals surface area contributed by atoms with Gasteiger partial charge in [0.05, 0.1) is 0 Å². The van der Waals surface area contributed by atoms with Gasteiger partial charge in [0.25, 0.3) is 0 Å². The zero-order chi connectivity index (χ0) is 11.7. The maximum atomic E-state index is 9.86. The topological polar surface area (TPSA) is 29.1 Å². The van der Waals surface area contributed by atoms with Crippen molar-refractivity contribution in [3.63, 3.8) is 0 Å². The first-order valence-electron chi connectivity index (χ1n) is 4.67. The van der Waals surface area contributed by atoms with Gasteiger partial charge in [-0.25, -0.2) is 0 Å². The molecule has 1 aromatic rings. The van der Waals surface area contributed by atoms with Gasteiger partial charge in [0, 0.05) is 6.92 Å². The summed E-state index contributed by atoms with van der Waals surface area (Å²) in [6, 6.07) is 10.2. The predicted octanol–water partition coefficient (Wildman–Crippen LogP) is 2.99. The lowest BCUT2D eigenvalue weighted by atomic mass is 10.1. The van der Waals surface area contributed by atoms with Crippen molar-refractivity contribution in [2.75, 3.05) is 0 Å². The average Bonchev–Trinajstić information content (AvgIpc) is 2.20. The molecule has 1 rings (SSSR count). The summed E-state index contributed by atoms with van der Waals surface area (Å²) in [6.45, 7) is 10.5. The number of carbonyl (C=O) groups is 1. The van der Waals surface area contributed by atoms with E-state index in [4.69, 9.17) is 0 Å². The number of rotatable bonds is 2. The largest absolute Gasteiger partial charge is 0.334 e. The van der Waals surface area contributed by atoms with Crippen molar-refractivity contribution < 1.29 is 4.79 Å². The fourth-order valence-corrected chi connectivity index (χ4v) is 0.866. The van der Waals surface area contributed by atoms with E-state index in [0.717, 1.165) is 5.57 Å². The van der Waals surface area contributed by atoms with Crippen molar-refractivity contribution in [2.45, 2.75) is 13.8 Å². The Balaban J connectivity index is 0.000000288. The van der Waals surface area contributed by atoms with Gasteiger partial charge in [-0.2, -0.15) is 0 Å². The number of benzene rings is 1. The van der Waals surface area contributed by atoms with Gasteiger partial charge in [0.15, 0.2) is 0 Å². The normalized spacial score (nSPS) is 8.13. The summed E-state index contributed by atoms with van der Waals surface area (Å²) in [5.41, 5.74) is 2.34. The summed E-state index contributed by atoms with van der Waals surface area (Å²) in [5.74, 6) is -0.0787. The second-order valence-corrected chi connectivity index (χ2v) is 3.05. The Morgan fingerprint density at radius 3 is 2.00 bits per heavy atom. The first kappa shape index (κ1) is 13.2. The molecule has 0 aliphatic rings. The van der Waals surface area contributed by atoms with E-state index in [0.29, 0.717) is 0 Å². The molecule has 0 unspecified atom stereocenters. The first-order valence-corrected chi connectivity index (χ1v) is 4.67. The fourth-order valence-electron chi connectivity index (χ4n) is 0.866. The van der Waals surface area contributed by atoms with Crippen molar-refractivity contribution in [2.24, 2.45) is 0 Å². The van der Waals surface area contributed by atoms with Crippen LogP contribution in [0.2, 0.25) is 0 Å². The molecule has 80 valence electrons. The van der Waals surface area contributed by atoms with Gasteiger partial charge in [-0.05, 0) is 18.7 Å². The van der Waals surface area contributed by atoms with Crippen LogP contribution in [-0.4, -0.2) is 5.91 Å². The molecule has 2 heteroatoms. The number of nitrogens with one attached hydrogen (secondary N) is 1. The molecule has 0 heterocycles. The Kier molecular flexibility index (Phi) is 6.64. The summed E-state index contributed by atoms with van der Waals surface area (Å²) in [7, 11) is 0. The molecule has 0 spiro atoms. The molecular formula is C13H17NO. The van der Waals surface area contributed by atoms with Gasteiger partial charge in [0.2, 0.25) is 5.91 Å². The third kappa shape index (κ3) is 7.26. The lowest BCUT2D eigenvalue weighted by Gasteiger charge is -1.94. The molecule has 1 N–H and O–H groups in total. The molecule has 0 aliphatic heterocycles. The van der Waals surface area contributed by atoms with E-state index in [-0.39, 0.29) is 5.91 Å². The molecule has 0 fully saturated rings. The van der Waals surface area contributed by atoms with Crippen LogP contribution in [0.4, 0.5) is 0 Å². The highest BCUT2D eigenvalue weighted by molar-refractivity contribution is 5.73. The molecule has 0 aliphatic carbocycles. The van der Waals surface area contributed by atoms with Crippen LogP contribution in [0.25, 0.3) is 5.57 Å². The molecule has 0 atom stereocenters. The van der Waals surface area contributed by atoms with E-state index in [1.54, 1.807) is 0 Å². The fraction of sp³-hybridized carbons (Fsp3) is 0.154. The highest BCUT2D eigenvalue weighted by atomic mass is 16.1. The van der Waals surface area contributed by atoms with Gasteiger partial charge < -0.3 is 5.32 Å². The number of allylic oxidation sites excluding steroid dienone is 1. The molecule has 0 radical (unpaired) electrons. The third-order valence-corrected chi connectivity index (χ3v) is 1.57. The summed E-state index contributed by atoms with van der Waals surface area (Å²) >= 11 is 0. The van der Waals surface area contributed by atoms with Gasteiger partial charge in [-0.1, -0.05) is 49.1 Å². The van der Waals surface area contributed by atoms with Crippen molar-refractivity contribution >= 4 is 11.5 Å². The molecule has 0 aromatic heterocycles. The smallest absolute Gasteiger partial charge is 0.220 e. The molecule has 1 aromatic carbocycles. The monoisotopic (exact) mass is 203 g/mol. The minimum absolute atomic E-state index is 0.0787. The minimum Gasteiger partial charge on any atom is -0.334 e. The van der Waals surface area contributed by atoms with Crippen molar-refractivity contribution in [1.82, 2.24) is 5.32 Å². The molecule has 15 heavy (non-hydrogen) atoms. The van der Waals surface area contributed by atoms with Crippen LogP contribution in [0.3, 0.4) is 0 Å². The van der Waals surface area contributed by atoms with E-state index >= 15 is 0 Å². The molecule has 0 saturated heterocycles. The Morgan fingerprint density at radius 2 is 1.80 bits per heavy atom. The van der Waals surface area contributed by atoms with E-state index < -0.39 is 0 Å². The van der Waals surface area contributed by atoms with Crippen LogP contribution in [0, 0.1) is 0 Å². The quantitative estimate of drug-likeness (QED) is 0.786. The van der Waals surface area contributed by atoms with Crippen LogP contribution in [0.5, 0.6) is 0 Å². The standard InChI is InChI=1S/C9H10.C4H7NO/c1-8(2)9-6-4-3-5-7-9;1-3-5-4(2)6/h3-7H,1H2,2H3;3H,1H2,2H3,(H,5,6). The van der Waals surface area contributed by atoms with E-state index in [1.807, 2.05) is 25.1 Å². The Hall–Kier alpha value is -1.83. The Morgan fingerprint density at radius 1 is 1.27 bits per heavy atom. The average molecular weight is 203 g/mol. The van der Waals surface area contributed by atoms with Crippen LogP contribution in [-0.2, 0) is 4.79 Å². The molecule has 0 saturated carbocycles. The van der Waals surface area contributed by atoms with Crippen LogP contribution in [0.15, 0.2) is 49.7 Å². The third-order valence-electron chi connectivity index (χ3n) is 1.57. The maximum Gasteiger partial charge on any atom is 0.220 e. The number of amides is 1. The van der Waals surface area contributed by atoms with E-state index in [2.05, 4.69) is 30.6 Å². The number of hydrogen-bond donors (Lipinski definition) is 1. The predicted molar refractivity (Wildman–Crippen MR) is 65.2 cm³/mol. The van der Waals surface area contributed by atoms with Crippen molar-refractivity contribution in [3.8, 4) is 0 Å². The summed E-state index contributed by atoms with van der Waals surface area (Å²) in [5, 5.41) is 2.33. The minimum atomic E-state index is -0.0787. The highest BCUT2D eigenvalue weighted by Crippen LogP contribution is 2.08. The van der Waals surface area contributed by atoms with E-state index in [1.165, 1.54) is 18.7 Å². The van der Waals surface area contributed by atoms with Crippen molar-refractivity contribution in [3.05, 3.63) is 55.3 Å². The van der Waals surface area contributed by atoms with Gasteiger partial charge in [-0.3, -0.25) is 4.79 Å². The van der Waals surface area contributed by atoms with Gasteiger partial charge in [-0.15, -0.1) is 0 Å². The lowest BCUT2D eigenvalue weighted by Crippen LogP contribution is -2.10. The summed E-state index contributed by atoms with van der Waals surface area (Å²) in [6.07, 6.45) is 1.35. The SMILES string of the molecule is C=C(C)c1ccccc1.C=CNC(C)=O. The molecule has 2 nitrogen and oxygen atoms in total. The van der Waals surface area contributed by atoms with Crippen molar-refractivity contribution in [1.29, 1.82) is 0 Å². The van der Waals surface area contributed by atoms with Gasteiger partial charge in [0.1, 0.15) is 0 Å². The Bertz CT molecular complexity index is 328. The van der Waals surface area contributed by atoms with Crippen LogP contribution < -0.4 is 5.32 Å². The maximum absolute atomic E-state index is 9.86. The summed E-state index contributed by atoms with van der Waals surface area (Å²) in [4.78, 5) is 9.86. The molecule has 1 amide bonds.